The SMILES string of the molecule is Cc1cc(COC2CCN(C(=O)OC(C)(C)C)CC2)c2ccccc2n1. The van der Waals surface area contributed by atoms with Crippen molar-refractivity contribution in [1.82, 2.24) is 9.88 Å². The number of carbonyl (C=O) groups is 1. The van der Waals surface area contributed by atoms with Gasteiger partial charge in [-0.3, -0.25) is 4.98 Å². The first-order valence-electron chi connectivity index (χ1n) is 9.26. The molecule has 140 valence electrons. The van der Waals surface area contributed by atoms with Crippen LogP contribution in [-0.2, 0) is 16.1 Å². The quantitative estimate of drug-likeness (QED) is 0.815. The molecule has 1 fully saturated rings. The summed E-state index contributed by atoms with van der Waals surface area (Å²) < 4.78 is 11.6. The maximum Gasteiger partial charge on any atom is 0.410 e. The van der Waals surface area contributed by atoms with Gasteiger partial charge < -0.3 is 14.4 Å². The van der Waals surface area contributed by atoms with Crippen LogP contribution in [0.4, 0.5) is 4.79 Å². The summed E-state index contributed by atoms with van der Waals surface area (Å²) in [5.74, 6) is 0. The van der Waals surface area contributed by atoms with E-state index in [-0.39, 0.29) is 12.2 Å². The van der Waals surface area contributed by atoms with Gasteiger partial charge >= 0.3 is 6.09 Å². The summed E-state index contributed by atoms with van der Waals surface area (Å²) in [4.78, 5) is 18.5. The molecule has 0 radical (unpaired) electrons. The summed E-state index contributed by atoms with van der Waals surface area (Å²) in [5.41, 5.74) is 2.72. The lowest BCUT2D eigenvalue weighted by Gasteiger charge is -2.33. The Hall–Kier alpha value is -2.14. The molecular formula is C21H28N2O3. The van der Waals surface area contributed by atoms with E-state index >= 15 is 0 Å². The largest absolute Gasteiger partial charge is 0.444 e. The van der Waals surface area contributed by atoms with Crippen molar-refractivity contribution < 1.29 is 14.3 Å². The van der Waals surface area contributed by atoms with Crippen molar-refractivity contribution >= 4 is 17.0 Å². The first kappa shape index (κ1) is 18.6. The van der Waals surface area contributed by atoms with Gasteiger partial charge in [0.25, 0.3) is 0 Å². The van der Waals surface area contributed by atoms with Gasteiger partial charge in [0, 0.05) is 24.2 Å². The minimum Gasteiger partial charge on any atom is -0.444 e. The number of hydrogen-bond donors (Lipinski definition) is 0. The molecule has 3 rings (SSSR count). The zero-order valence-electron chi connectivity index (χ0n) is 16.1. The molecule has 2 heterocycles. The zero-order chi connectivity index (χ0) is 18.7. The average molecular weight is 356 g/mol. The predicted octanol–water partition coefficient (Wildman–Crippen LogP) is 4.46. The van der Waals surface area contributed by atoms with Gasteiger partial charge in [-0.05, 0) is 58.2 Å². The number of fused-ring (bicyclic) bond motifs is 1. The fourth-order valence-electron chi connectivity index (χ4n) is 3.25. The van der Waals surface area contributed by atoms with Crippen LogP contribution < -0.4 is 0 Å². The lowest BCUT2D eigenvalue weighted by atomic mass is 10.1. The molecule has 26 heavy (non-hydrogen) atoms. The highest BCUT2D eigenvalue weighted by atomic mass is 16.6. The Labute approximate surface area is 155 Å². The molecule has 5 heteroatoms. The van der Waals surface area contributed by atoms with Gasteiger partial charge in [0.2, 0.25) is 0 Å². The Balaban J connectivity index is 1.55. The number of rotatable bonds is 3. The number of amides is 1. The van der Waals surface area contributed by atoms with Gasteiger partial charge in [0.1, 0.15) is 5.60 Å². The average Bonchev–Trinajstić information content (AvgIpc) is 2.58. The van der Waals surface area contributed by atoms with E-state index in [1.807, 2.05) is 45.9 Å². The molecule has 0 saturated carbocycles. The van der Waals surface area contributed by atoms with Crippen molar-refractivity contribution in [3.63, 3.8) is 0 Å². The second-order valence-corrected chi connectivity index (χ2v) is 7.92. The van der Waals surface area contributed by atoms with Gasteiger partial charge in [0.15, 0.2) is 0 Å². The van der Waals surface area contributed by atoms with Gasteiger partial charge in [-0.25, -0.2) is 4.79 Å². The highest BCUT2D eigenvalue weighted by molar-refractivity contribution is 5.82. The molecule has 1 aromatic carbocycles. The third kappa shape index (κ3) is 4.73. The van der Waals surface area contributed by atoms with Crippen LogP contribution in [0.25, 0.3) is 10.9 Å². The lowest BCUT2D eigenvalue weighted by Crippen LogP contribution is -2.43. The van der Waals surface area contributed by atoms with E-state index in [2.05, 4.69) is 17.1 Å². The zero-order valence-corrected chi connectivity index (χ0v) is 16.1. The van der Waals surface area contributed by atoms with Gasteiger partial charge in [0.05, 0.1) is 18.2 Å². The number of piperidine rings is 1. The lowest BCUT2D eigenvalue weighted by molar-refractivity contribution is -0.0168. The molecule has 5 nitrogen and oxygen atoms in total. The van der Waals surface area contributed by atoms with Crippen molar-refractivity contribution in [2.45, 2.75) is 58.8 Å². The topological polar surface area (TPSA) is 51.7 Å². The fraction of sp³-hybridized carbons (Fsp3) is 0.524. The van der Waals surface area contributed by atoms with Crippen molar-refractivity contribution in [2.24, 2.45) is 0 Å². The summed E-state index contributed by atoms with van der Waals surface area (Å²) in [6.45, 7) is 9.60. The minimum atomic E-state index is -0.454. The number of benzene rings is 1. The number of pyridine rings is 1. The van der Waals surface area contributed by atoms with Crippen LogP contribution >= 0.6 is 0 Å². The molecule has 0 unspecified atom stereocenters. The Morgan fingerprint density at radius 3 is 2.62 bits per heavy atom. The summed E-state index contributed by atoms with van der Waals surface area (Å²) in [6, 6.07) is 10.3. The van der Waals surface area contributed by atoms with Crippen LogP contribution in [0.1, 0.15) is 44.9 Å². The van der Waals surface area contributed by atoms with Crippen molar-refractivity contribution in [2.75, 3.05) is 13.1 Å². The second kappa shape index (κ2) is 7.62. The van der Waals surface area contributed by atoms with E-state index in [1.54, 1.807) is 4.90 Å². The standard InChI is InChI=1S/C21H28N2O3/c1-15-13-16(18-7-5-6-8-19(18)22-15)14-25-17-9-11-23(12-10-17)20(24)26-21(2,3)4/h5-8,13,17H,9-12,14H2,1-4H3. The summed E-state index contributed by atoms with van der Waals surface area (Å²) in [7, 11) is 0. The molecule has 0 atom stereocenters. The van der Waals surface area contributed by atoms with E-state index in [9.17, 15) is 4.79 Å². The molecule has 0 spiro atoms. The number of aryl methyl sites for hydroxylation is 1. The van der Waals surface area contributed by atoms with Crippen molar-refractivity contribution in [3.05, 3.63) is 41.6 Å². The summed E-state index contributed by atoms with van der Waals surface area (Å²) in [5, 5.41) is 1.14. The van der Waals surface area contributed by atoms with Gasteiger partial charge in [-0.15, -0.1) is 0 Å². The van der Waals surface area contributed by atoms with Crippen molar-refractivity contribution in [3.8, 4) is 0 Å². The molecule has 2 aromatic rings. The molecular weight excluding hydrogens is 328 g/mol. The summed E-state index contributed by atoms with van der Waals surface area (Å²) >= 11 is 0. The smallest absolute Gasteiger partial charge is 0.410 e. The number of ether oxygens (including phenoxy) is 2. The number of hydrogen-bond acceptors (Lipinski definition) is 4. The molecule has 1 aromatic heterocycles. The maximum absolute atomic E-state index is 12.1. The van der Waals surface area contributed by atoms with E-state index in [0.29, 0.717) is 19.7 Å². The second-order valence-electron chi connectivity index (χ2n) is 7.92. The van der Waals surface area contributed by atoms with Crippen LogP contribution in [0.15, 0.2) is 30.3 Å². The van der Waals surface area contributed by atoms with Crippen LogP contribution in [0.5, 0.6) is 0 Å². The highest BCUT2D eigenvalue weighted by Crippen LogP contribution is 2.22. The Kier molecular flexibility index (Phi) is 5.47. The minimum absolute atomic E-state index is 0.168. The van der Waals surface area contributed by atoms with Crippen LogP contribution in [0.2, 0.25) is 0 Å². The fourth-order valence-corrected chi connectivity index (χ4v) is 3.25. The molecule has 1 saturated heterocycles. The number of aromatic nitrogens is 1. The molecule has 1 aliphatic rings. The van der Waals surface area contributed by atoms with E-state index < -0.39 is 5.60 Å². The maximum atomic E-state index is 12.1. The van der Waals surface area contributed by atoms with Crippen LogP contribution in [-0.4, -0.2) is 40.8 Å². The number of likely N-dealkylation sites (tertiary alicyclic amines) is 1. The van der Waals surface area contributed by atoms with E-state index in [0.717, 1.165) is 29.4 Å². The summed E-state index contributed by atoms with van der Waals surface area (Å²) in [6.07, 6.45) is 1.61. The Morgan fingerprint density at radius 2 is 1.92 bits per heavy atom. The van der Waals surface area contributed by atoms with Crippen molar-refractivity contribution in [1.29, 1.82) is 0 Å². The first-order chi connectivity index (χ1) is 12.3. The van der Waals surface area contributed by atoms with Gasteiger partial charge in [-0.1, -0.05) is 18.2 Å². The molecule has 0 bridgehead atoms. The van der Waals surface area contributed by atoms with E-state index in [4.69, 9.17) is 9.47 Å². The monoisotopic (exact) mass is 356 g/mol. The third-order valence-electron chi connectivity index (χ3n) is 4.50. The molecule has 0 aliphatic carbocycles. The molecule has 0 N–H and O–H groups in total. The number of para-hydroxylation sites is 1. The number of nitrogens with zero attached hydrogens (tertiary/aromatic N) is 2. The first-order valence-corrected chi connectivity index (χ1v) is 9.26. The third-order valence-corrected chi connectivity index (χ3v) is 4.50. The van der Waals surface area contributed by atoms with Crippen LogP contribution in [0.3, 0.4) is 0 Å². The Bertz CT molecular complexity index is 774. The number of carbonyl (C=O) groups excluding carboxylic acids is 1. The van der Waals surface area contributed by atoms with Gasteiger partial charge in [-0.2, -0.15) is 0 Å². The molecule has 1 aliphatic heterocycles. The van der Waals surface area contributed by atoms with Crippen LogP contribution in [0, 0.1) is 6.92 Å². The van der Waals surface area contributed by atoms with E-state index in [1.165, 1.54) is 5.56 Å². The highest BCUT2D eigenvalue weighted by Gasteiger charge is 2.27. The normalized spacial score (nSPS) is 16.1. The Morgan fingerprint density at radius 1 is 1.23 bits per heavy atom. The predicted molar refractivity (Wildman–Crippen MR) is 102 cm³/mol. The molecule has 1 amide bonds.